The molecule has 2 N–H and O–H groups in total. The van der Waals surface area contributed by atoms with Gasteiger partial charge in [-0.2, -0.15) is 0 Å². The van der Waals surface area contributed by atoms with E-state index in [9.17, 15) is 14.4 Å². The smallest absolute Gasteiger partial charge is 0.317 e. The Bertz CT molecular complexity index is 345. The molecule has 0 aliphatic rings. The highest BCUT2D eigenvalue weighted by atomic mass is 16.4. The first-order chi connectivity index (χ1) is 9.31. The SMILES string of the molecule is CCC(CNC(=O)N(CC)CC(=O)N(C)C)CC(=O)O. The second-order valence-corrected chi connectivity index (χ2v) is 4.86. The van der Waals surface area contributed by atoms with Crippen molar-refractivity contribution in [2.75, 3.05) is 33.7 Å². The third kappa shape index (κ3) is 6.96. The van der Waals surface area contributed by atoms with Crippen LogP contribution in [0.25, 0.3) is 0 Å². The number of nitrogens with zero attached hydrogens (tertiary/aromatic N) is 2. The Morgan fingerprint density at radius 3 is 2.20 bits per heavy atom. The summed E-state index contributed by atoms with van der Waals surface area (Å²) in [5.74, 6) is -1.12. The zero-order valence-electron chi connectivity index (χ0n) is 12.7. The van der Waals surface area contributed by atoms with Crippen LogP contribution < -0.4 is 5.32 Å². The maximum atomic E-state index is 11.9. The minimum atomic E-state index is -0.874. The van der Waals surface area contributed by atoms with Crippen molar-refractivity contribution >= 4 is 17.9 Å². The molecule has 1 unspecified atom stereocenters. The monoisotopic (exact) mass is 287 g/mol. The number of rotatable bonds is 8. The van der Waals surface area contributed by atoms with Crippen LogP contribution >= 0.6 is 0 Å². The lowest BCUT2D eigenvalue weighted by Gasteiger charge is -2.23. The van der Waals surface area contributed by atoms with Crippen LogP contribution in [0.1, 0.15) is 26.7 Å². The molecule has 7 nitrogen and oxygen atoms in total. The molecule has 0 aromatic rings. The average Bonchev–Trinajstić information content (AvgIpc) is 2.39. The lowest BCUT2D eigenvalue weighted by Crippen LogP contribution is -2.46. The summed E-state index contributed by atoms with van der Waals surface area (Å²) in [6.45, 7) is 4.41. The van der Waals surface area contributed by atoms with Crippen molar-refractivity contribution in [2.45, 2.75) is 26.7 Å². The van der Waals surface area contributed by atoms with E-state index in [1.807, 2.05) is 6.92 Å². The highest BCUT2D eigenvalue weighted by Crippen LogP contribution is 2.06. The Morgan fingerprint density at radius 1 is 1.20 bits per heavy atom. The summed E-state index contributed by atoms with van der Waals surface area (Å²) < 4.78 is 0. The number of hydrogen-bond acceptors (Lipinski definition) is 3. The largest absolute Gasteiger partial charge is 0.481 e. The Balaban J connectivity index is 4.34. The molecule has 1 atom stereocenters. The van der Waals surface area contributed by atoms with Crippen LogP contribution in [0.4, 0.5) is 4.79 Å². The number of nitrogens with one attached hydrogen (secondary N) is 1. The molecule has 0 radical (unpaired) electrons. The van der Waals surface area contributed by atoms with E-state index in [2.05, 4.69) is 5.32 Å². The average molecular weight is 287 g/mol. The summed E-state index contributed by atoms with van der Waals surface area (Å²) in [4.78, 5) is 37.0. The maximum Gasteiger partial charge on any atom is 0.317 e. The predicted molar refractivity (Wildman–Crippen MR) is 75.4 cm³/mol. The van der Waals surface area contributed by atoms with Crippen molar-refractivity contribution in [3.63, 3.8) is 0 Å². The number of carbonyl (C=O) groups excluding carboxylic acids is 2. The summed E-state index contributed by atoms with van der Waals surface area (Å²) in [5, 5.41) is 11.4. The number of carbonyl (C=O) groups is 3. The zero-order valence-corrected chi connectivity index (χ0v) is 12.7. The van der Waals surface area contributed by atoms with Crippen molar-refractivity contribution in [1.82, 2.24) is 15.1 Å². The first-order valence-corrected chi connectivity index (χ1v) is 6.76. The van der Waals surface area contributed by atoms with Crippen molar-refractivity contribution in [1.29, 1.82) is 0 Å². The first-order valence-electron chi connectivity index (χ1n) is 6.76. The lowest BCUT2D eigenvalue weighted by atomic mass is 10.0. The summed E-state index contributed by atoms with van der Waals surface area (Å²) in [6.07, 6.45) is 0.703. The molecule has 0 aromatic heterocycles. The molecular weight excluding hydrogens is 262 g/mol. The van der Waals surface area contributed by atoms with E-state index in [0.29, 0.717) is 19.5 Å². The number of amides is 3. The van der Waals surface area contributed by atoms with Gasteiger partial charge in [0.05, 0.1) is 0 Å². The van der Waals surface area contributed by atoms with Gasteiger partial charge in [0, 0.05) is 33.6 Å². The Kier molecular flexibility index (Phi) is 8.35. The zero-order chi connectivity index (χ0) is 15.7. The quantitative estimate of drug-likeness (QED) is 0.684. The van der Waals surface area contributed by atoms with E-state index in [-0.39, 0.29) is 30.8 Å². The van der Waals surface area contributed by atoms with Gasteiger partial charge in [-0.1, -0.05) is 13.3 Å². The molecule has 0 fully saturated rings. The molecule has 0 saturated heterocycles. The number of hydrogen-bond donors (Lipinski definition) is 2. The van der Waals surface area contributed by atoms with Gasteiger partial charge in [-0.25, -0.2) is 4.79 Å². The summed E-state index contributed by atoms with van der Waals surface area (Å²) in [7, 11) is 3.27. The van der Waals surface area contributed by atoms with Gasteiger partial charge < -0.3 is 20.2 Å². The third-order valence-electron chi connectivity index (χ3n) is 3.08. The molecule has 0 bridgehead atoms. The van der Waals surface area contributed by atoms with Gasteiger partial charge in [-0.3, -0.25) is 9.59 Å². The first kappa shape index (κ1) is 18.2. The van der Waals surface area contributed by atoms with Gasteiger partial charge in [-0.15, -0.1) is 0 Å². The topological polar surface area (TPSA) is 90.0 Å². The van der Waals surface area contributed by atoms with E-state index in [4.69, 9.17) is 5.11 Å². The van der Waals surface area contributed by atoms with Gasteiger partial charge >= 0.3 is 12.0 Å². The number of urea groups is 1. The number of aliphatic carboxylic acids is 1. The minimum Gasteiger partial charge on any atom is -0.481 e. The molecule has 0 rings (SSSR count). The fourth-order valence-corrected chi connectivity index (χ4v) is 1.58. The standard InChI is InChI=1S/C13H25N3O4/c1-5-10(7-12(18)19)8-14-13(20)16(6-2)9-11(17)15(3)4/h10H,5-9H2,1-4H3,(H,14,20)(H,18,19). The molecule has 0 heterocycles. The van der Waals surface area contributed by atoms with E-state index in [1.165, 1.54) is 9.80 Å². The van der Waals surface area contributed by atoms with Crippen LogP contribution in [0.15, 0.2) is 0 Å². The van der Waals surface area contributed by atoms with Crippen molar-refractivity contribution in [3.8, 4) is 0 Å². The second-order valence-electron chi connectivity index (χ2n) is 4.86. The van der Waals surface area contributed by atoms with Gasteiger partial charge in [0.25, 0.3) is 0 Å². The highest BCUT2D eigenvalue weighted by Gasteiger charge is 2.18. The van der Waals surface area contributed by atoms with Crippen LogP contribution in [0.3, 0.4) is 0 Å². The summed E-state index contributed by atoms with van der Waals surface area (Å²) in [5.41, 5.74) is 0. The Hall–Kier alpha value is -1.79. The van der Waals surface area contributed by atoms with Crippen LogP contribution in [0.5, 0.6) is 0 Å². The van der Waals surface area contributed by atoms with Gasteiger partial charge in [0.2, 0.25) is 5.91 Å². The molecule has 20 heavy (non-hydrogen) atoms. The van der Waals surface area contributed by atoms with Crippen molar-refractivity contribution in [2.24, 2.45) is 5.92 Å². The Labute approximate surface area is 119 Å². The van der Waals surface area contributed by atoms with E-state index in [1.54, 1.807) is 21.0 Å². The maximum absolute atomic E-state index is 11.9. The van der Waals surface area contributed by atoms with E-state index < -0.39 is 5.97 Å². The normalized spacial score (nSPS) is 11.6. The fraction of sp³-hybridized carbons (Fsp3) is 0.769. The summed E-state index contributed by atoms with van der Waals surface area (Å²) >= 11 is 0. The Morgan fingerprint density at radius 2 is 1.80 bits per heavy atom. The molecule has 0 saturated carbocycles. The third-order valence-corrected chi connectivity index (χ3v) is 3.08. The van der Waals surface area contributed by atoms with Crippen LogP contribution in [-0.2, 0) is 9.59 Å². The molecule has 0 aromatic carbocycles. The predicted octanol–water partition coefficient (Wildman–Crippen LogP) is 0.607. The van der Waals surface area contributed by atoms with Gasteiger partial charge in [-0.05, 0) is 12.8 Å². The number of carboxylic acid groups (broad SMARTS) is 1. The number of carboxylic acids is 1. The molecule has 116 valence electrons. The summed E-state index contributed by atoms with van der Waals surface area (Å²) in [6, 6.07) is -0.341. The molecule has 3 amide bonds. The van der Waals surface area contributed by atoms with Gasteiger partial charge in [0.1, 0.15) is 6.54 Å². The molecule has 0 aliphatic carbocycles. The molecular formula is C13H25N3O4. The molecule has 0 aliphatic heterocycles. The van der Waals surface area contributed by atoms with E-state index >= 15 is 0 Å². The van der Waals surface area contributed by atoms with E-state index in [0.717, 1.165) is 0 Å². The highest BCUT2D eigenvalue weighted by molar-refractivity contribution is 5.83. The number of likely N-dealkylation sites (N-methyl/N-ethyl adjacent to an activating group) is 2. The van der Waals surface area contributed by atoms with Crippen molar-refractivity contribution in [3.05, 3.63) is 0 Å². The van der Waals surface area contributed by atoms with Gasteiger partial charge in [0.15, 0.2) is 0 Å². The van der Waals surface area contributed by atoms with Crippen LogP contribution in [0.2, 0.25) is 0 Å². The molecule has 0 spiro atoms. The lowest BCUT2D eigenvalue weighted by molar-refractivity contribution is -0.138. The van der Waals surface area contributed by atoms with Crippen molar-refractivity contribution < 1.29 is 19.5 Å². The minimum absolute atomic E-state index is 0.0189. The van der Waals surface area contributed by atoms with Crippen LogP contribution in [0, 0.1) is 5.92 Å². The second kappa shape index (κ2) is 9.17. The fourth-order valence-electron chi connectivity index (χ4n) is 1.58. The molecule has 7 heteroatoms. The van der Waals surface area contributed by atoms with Crippen LogP contribution in [-0.4, -0.2) is 66.5 Å².